The fourth-order valence-electron chi connectivity index (χ4n) is 2.78. The number of amides is 1. The molecule has 5 nitrogen and oxygen atoms in total. The third-order valence-electron chi connectivity index (χ3n) is 3.88. The smallest absolute Gasteiger partial charge is 0.230 e. The summed E-state index contributed by atoms with van der Waals surface area (Å²) in [6, 6.07) is 0.377. The Morgan fingerprint density at radius 3 is 2.67 bits per heavy atom. The van der Waals surface area contributed by atoms with E-state index < -0.39 is 0 Å². The summed E-state index contributed by atoms with van der Waals surface area (Å²) in [5.74, 6) is 1.88. The molecule has 1 heterocycles. The van der Waals surface area contributed by atoms with E-state index in [2.05, 4.69) is 40.9 Å². The first-order valence-corrected chi connectivity index (χ1v) is 8.95. The van der Waals surface area contributed by atoms with Gasteiger partial charge < -0.3 is 9.88 Å². The molecule has 21 heavy (non-hydrogen) atoms. The van der Waals surface area contributed by atoms with Crippen molar-refractivity contribution in [1.82, 2.24) is 20.1 Å². The maximum absolute atomic E-state index is 12.0. The lowest BCUT2D eigenvalue weighted by Crippen LogP contribution is -2.37. The monoisotopic (exact) mass is 310 g/mol. The lowest BCUT2D eigenvalue weighted by atomic mass is 9.95. The highest BCUT2D eigenvalue weighted by atomic mass is 32.2. The summed E-state index contributed by atoms with van der Waals surface area (Å²) in [5.41, 5.74) is 0. The number of carbonyl (C=O) groups excluding carboxylic acids is 1. The van der Waals surface area contributed by atoms with Gasteiger partial charge in [0.1, 0.15) is 5.82 Å². The Kier molecular flexibility index (Phi) is 6.08. The molecular weight excluding hydrogens is 284 g/mol. The number of thioether (sulfide) groups is 1. The van der Waals surface area contributed by atoms with E-state index in [9.17, 15) is 4.79 Å². The van der Waals surface area contributed by atoms with E-state index in [1.165, 1.54) is 31.0 Å². The molecule has 0 radical (unpaired) electrons. The molecular formula is C15H26N4OS. The van der Waals surface area contributed by atoms with Crippen LogP contribution in [0.25, 0.3) is 0 Å². The van der Waals surface area contributed by atoms with Gasteiger partial charge >= 0.3 is 0 Å². The van der Waals surface area contributed by atoms with Crippen molar-refractivity contribution in [3.05, 3.63) is 5.82 Å². The first-order valence-electron chi connectivity index (χ1n) is 7.97. The van der Waals surface area contributed by atoms with Crippen molar-refractivity contribution in [2.24, 2.45) is 0 Å². The molecule has 0 unspecified atom stereocenters. The van der Waals surface area contributed by atoms with E-state index in [1.54, 1.807) is 0 Å². The van der Waals surface area contributed by atoms with Crippen molar-refractivity contribution in [1.29, 1.82) is 0 Å². The molecule has 1 aromatic heterocycles. The zero-order chi connectivity index (χ0) is 15.2. The van der Waals surface area contributed by atoms with Gasteiger partial charge in [0.2, 0.25) is 5.91 Å². The minimum Gasteiger partial charge on any atom is -0.353 e. The zero-order valence-electron chi connectivity index (χ0n) is 13.3. The van der Waals surface area contributed by atoms with E-state index in [4.69, 9.17) is 0 Å². The Bertz CT molecular complexity index is 466. The van der Waals surface area contributed by atoms with Crippen molar-refractivity contribution >= 4 is 17.7 Å². The molecule has 118 valence electrons. The zero-order valence-corrected chi connectivity index (χ0v) is 14.1. The predicted molar refractivity (Wildman–Crippen MR) is 85.5 cm³/mol. The molecule has 1 fully saturated rings. The molecule has 0 aliphatic heterocycles. The van der Waals surface area contributed by atoms with Gasteiger partial charge in [0.05, 0.1) is 5.75 Å². The van der Waals surface area contributed by atoms with Crippen LogP contribution in [0, 0.1) is 0 Å². The van der Waals surface area contributed by atoms with E-state index in [1.807, 2.05) is 0 Å². The second-order valence-electron chi connectivity index (χ2n) is 5.93. The predicted octanol–water partition coefficient (Wildman–Crippen LogP) is 2.96. The summed E-state index contributed by atoms with van der Waals surface area (Å²) in [7, 11) is 0. The van der Waals surface area contributed by atoms with Crippen LogP contribution < -0.4 is 5.32 Å². The van der Waals surface area contributed by atoms with Gasteiger partial charge in [0.15, 0.2) is 5.16 Å². The van der Waals surface area contributed by atoms with Crippen molar-refractivity contribution < 1.29 is 4.79 Å². The van der Waals surface area contributed by atoms with Crippen LogP contribution in [0.4, 0.5) is 0 Å². The second kappa shape index (κ2) is 7.82. The van der Waals surface area contributed by atoms with E-state index in [0.717, 1.165) is 30.4 Å². The topological polar surface area (TPSA) is 59.8 Å². The number of nitrogens with one attached hydrogen (secondary N) is 1. The number of nitrogens with zero attached hydrogens (tertiary/aromatic N) is 3. The molecule has 1 aromatic rings. The van der Waals surface area contributed by atoms with Crippen molar-refractivity contribution in [3.63, 3.8) is 0 Å². The van der Waals surface area contributed by atoms with Gasteiger partial charge in [-0.25, -0.2) is 0 Å². The number of hydrogen-bond donors (Lipinski definition) is 1. The summed E-state index contributed by atoms with van der Waals surface area (Å²) in [4.78, 5) is 12.0. The largest absolute Gasteiger partial charge is 0.353 e. The van der Waals surface area contributed by atoms with Crippen LogP contribution in [-0.2, 0) is 11.3 Å². The third-order valence-corrected chi connectivity index (χ3v) is 4.85. The third kappa shape index (κ3) is 4.46. The van der Waals surface area contributed by atoms with Gasteiger partial charge in [-0.2, -0.15) is 0 Å². The summed E-state index contributed by atoms with van der Waals surface area (Å²) < 4.78 is 2.10. The minimum absolute atomic E-state index is 0.114. The molecule has 2 rings (SSSR count). The standard InChI is InChI=1S/C15H26N4OS/c1-4-19-14(11(2)3)17-18-15(19)21-10-13(20)16-12-8-6-5-7-9-12/h11-12H,4-10H2,1-3H3,(H,16,20). The average molecular weight is 310 g/mol. The lowest BCUT2D eigenvalue weighted by molar-refractivity contribution is -0.119. The van der Waals surface area contributed by atoms with E-state index in [-0.39, 0.29) is 5.91 Å². The molecule has 1 aliphatic rings. The summed E-state index contributed by atoms with van der Waals surface area (Å²) in [5, 5.41) is 12.4. The maximum Gasteiger partial charge on any atom is 0.230 e. The van der Waals surface area contributed by atoms with Crippen LogP contribution >= 0.6 is 11.8 Å². The first-order chi connectivity index (χ1) is 10.1. The first kappa shape index (κ1) is 16.3. The van der Waals surface area contributed by atoms with Crippen LogP contribution in [0.2, 0.25) is 0 Å². The van der Waals surface area contributed by atoms with Crippen LogP contribution in [0.3, 0.4) is 0 Å². The van der Waals surface area contributed by atoms with E-state index >= 15 is 0 Å². The Morgan fingerprint density at radius 1 is 1.33 bits per heavy atom. The van der Waals surface area contributed by atoms with Crippen LogP contribution in [-0.4, -0.2) is 32.5 Å². The van der Waals surface area contributed by atoms with Gasteiger partial charge in [0, 0.05) is 18.5 Å². The highest BCUT2D eigenvalue weighted by molar-refractivity contribution is 7.99. The Balaban J connectivity index is 1.86. The highest BCUT2D eigenvalue weighted by Crippen LogP contribution is 2.22. The SMILES string of the molecule is CCn1c(SCC(=O)NC2CCCCC2)nnc1C(C)C. The second-order valence-corrected chi connectivity index (χ2v) is 6.87. The Morgan fingerprint density at radius 2 is 2.05 bits per heavy atom. The average Bonchev–Trinajstić information content (AvgIpc) is 2.89. The molecule has 0 saturated heterocycles. The maximum atomic E-state index is 12.0. The van der Waals surface area contributed by atoms with Crippen LogP contribution in [0.15, 0.2) is 5.16 Å². The molecule has 0 atom stereocenters. The summed E-state index contributed by atoms with van der Waals surface area (Å²) in [6.45, 7) is 7.15. The van der Waals surface area contributed by atoms with Gasteiger partial charge in [-0.05, 0) is 19.8 Å². The lowest BCUT2D eigenvalue weighted by Gasteiger charge is -2.22. The van der Waals surface area contributed by atoms with Crippen LogP contribution in [0.1, 0.15) is 64.6 Å². The van der Waals surface area contributed by atoms with Crippen molar-refractivity contribution in [3.8, 4) is 0 Å². The molecule has 1 saturated carbocycles. The Labute approximate surface area is 131 Å². The molecule has 1 aliphatic carbocycles. The number of aromatic nitrogens is 3. The van der Waals surface area contributed by atoms with Gasteiger partial charge in [-0.15, -0.1) is 10.2 Å². The summed E-state index contributed by atoms with van der Waals surface area (Å²) >= 11 is 1.48. The quantitative estimate of drug-likeness (QED) is 0.821. The molecule has 0 aromatic carbocycles. The number of rotatable bonds is 6. The summed E-state index contributed by atoms with van der Waals surface area (Å²) in [6.07, 6.45) is 6.02. The van der Waals surface area contributed by atoms with Crippen molar-refractivity contribution in [2.75, 3.05) is 5.75 Å². The van der Waals surface area contributed by atoms with E-state index in [0.29, 0.717) is 17.7 Å². The molecule has 0 spiro atoms. The van der Waals surface area contributed by atoms with Crippen molar-refractivity contribution in [2.45, 2.75) is 76.5 Å². The normalized spacial score (nSPS) is 16.4. The Hall–Kier alpha value is -1.04. The van der Waals surface area contributed by atoms with Crippen LogP contribution in [0.5, 0.6) is 0 Å². The highest BCUT2D eigenvalue weighted by Gasteiger charge is 2.18. The molecule has 0 bridgehead atoms. The van der Waals surface area contributed by atoms with Gasteiger partial charge in [-0.1, -0.05) is 44.9 Å². The van der Waals surface area contributed by atoms with Gasteiger partial charge in [-0.3, -0.25) is 4.79 Å². The minimum atomic E-state index is 0.114. The molecule has 6 heteroatoms. The fraction of sp³-hybridized carbons (Fsp3) is 0.800. The fourth-order valence-corrected chi connectivity index (χ4v) is 3.60. The number of hydrogen-bond acceptors (Lipinski definition) is 4. The number of carbonyl (C=O) groups is 1. The molecule has 1 amide bonds. The molecule has 1 N–H and O–H groups in total. The van der Waals surface area contributed by atoms with Gasteiger partial charge in [0.25, 0.3) is 0 Å².